The summed E-state index contributed by atoms with van der Waals surface area (Å²) in [5.74, 6) is 0. The van der Waals surface area contributed by atoms with E-state index in [-0.39, 0.29) is 0 Å². The lowest BCUT2D eigenvalue weighted by atomic mass is 9.97. The fourth-order valence-electron chi connectivity index (χ4n) is 3.62. The van der Waals surface area contributed by atoms with Crippen LogP contribution < -0.4 is 32.1 Å². The SMILES string of the molecule is C=C/C=c1/cc(C2=CC(CC)=CNC2)cc(NC2CCNCC2)/c1=C/N. The minimum absolute atomic E-state index is 0.478. The zero-order valence-electron chi connectivity index (χ0n) is 15.6. The van der Waals surface area contributed by atoms with E-state index in [4.69, 9.17) is 5.73 Å². The van der Waals surface area contributed by atoms with Crippen LogP contribution in [0.15, 0.2) is 42.6 Å². The monoisotopic (exact) mass is 350 g/mol. The number of piperidine rings is 1. The summed E-state index contributed by atoms with van der Waals surface area (Å²) in [5, 5.41) is 12.7. The summed E-state index contributed by atoms with van der Waals surface area (Å²) >= 11 is 0. The Hall–Kier alpha value is -2.46. The minimum Gasteiger partial charge on any atom is -0.404 e. The number of anilines is 1. The fraction of sp³-hybridized carbons (Fsp3) is 0.364. The van der Waals surface area contributed by atoms with E-state index in [2.05, 4.69) is 53.9 Å². The molecule has 1 aromatic rings. The quantitative estimate of drug-likeness (QED) is 0.654. The summed E-state index contributed by atoms with van der Waals surface area (Å²) in [6.07, 6.45) is 13.2. The van der Waals surface area contributed by atoms with Crippen molar-refractivity contribution in [2.75, 3.05) is 25.0 Å². The molecule has 0 atom stereocenters. The van der Waals surface area contributed by atoms with Gasteiger partial charge in [-0.25, -0.2) is 0 Å². The Labute approximate surface area is 156 Å². The molecular weight excluding hydrogens is 320 g/mol. The summed E-state index contributed by atoms with van der Waals surface area (Å²) in [6, 6.07) is 4.93. The van der Waals surface area contributed by atoms with Crippen molar-refractivity contribution in [3.05, 3.63) is 58.6 Å². The normalized spacial score (nSPS) is 19.6. The van der Waals surface area contributed by atoms with Crippen molar-refractivity contribution in [1.29, 1.82) is 0 Å². The smallest absolute Gasteiger partial charge is 0.0442 e. The Morgan fingerprint density at radius 1 is 1.31 bits per heavy atom. The lowest BCUT2D eigenvalue weighted by Crippen LogP contribution is -2.38. The summed E-state index contributed by atoms with van der Waals surface area (Å²) in [5.41, 5.74) is 11.0. The third-order valence-electron chi connectivity index (χ3n) is 5.09. The topological polar surface area (TPSA) is 62.1 Å². The predicted molar refractivity (Wildman–Crippen MR) is 113 cm³/mol. The van der Waals surface area contributed by atoms with E-state index < -0.39 is 0 Å². The third kappa shape index (κ3) is 4.20. The molecule has 1 fully saturated rings. The Balaban J connectivity index is 2.06. The second kappa shape index (κ2) is 8.77. The van der Waals surface area contributed by atoms with Crippen LogP contribution in [0.25, 0.3) is 17.8 Å². The highest BCUT2D eigenvalue weighted by molar-refractivity contribution is 5.74. The van der Waals surface area contributed by atoms with Gasteiger partial charge in [0.25, 0.3) is 0 Å². The minimum atomic E-state index is 0.478. The molecule has 138 valence electrons. The van der Waals surface area contributed by atoms with Crippen LogP contribution in [0.3, 0.4) is 0 Å². The van der Waals surface area contributed by atoms with Crippen LogP contribution in [0, 0.1) is 0 Å². The molecule has 2 aliphatic rings. The van der Waals surface area contributed by atoms with E-state index in [0.29, 0.717) is 6.04 Å². The lowest BCUT2D eigenvalue weighted by molar-refractivity contribution is 0.479. The van der Waals surface area contributed by atoms with Crippen LogP contribution in [-0.4, -0.2) is 25.7 Å². The maximum Gasteiger partial charge on any atom is 0.0442 e. The first kappa shape index (κ1) is 18.3. The molecule has 0 unspecified atom stereocenters. The van der Waals surface area contributed by atoms with E-state index in [0.717, 1.165) is 55.0 Å². The first-order valence-electron chi connectivity index (χ1n) is 9.54. The van der Waals surface area contributed by atoms with Crippen LogP contribution >= 0.6 is 0 Å². The van der Waals surface area contributed by atoms with Gasteiger partial charge in [-0.2, -0.15) is 0 Å². The predicted octanol–water partition coefficient (Wildman–Crippen LogP) is 1.79. The molecule has 0 radical (unpaired) electrons. The van der Waals surface area contributed by atoms with E-state index in [1.165, 1.54) is 16.7 Å². The number of rotatable bonds is 5. The molecule has 3 rings (SSSR count). The molecule has 26 heavy (non-hydrogen) atoms. The summed E-state index contributed by atoms with van der Waals surface area (Å²) < 4.78 is 0. The molecule has 2 heterocycles. The number of nitrogens with two attached hydrogens (primary N) is 1. The molecule has 4 heteroatoms. The van der Waals surface area contributed by atoms with Gasteiger partial charge in [-0.3, -0.25) is 0 Å². The van der Waals surface area contributed by atoms with Crippen LogP contribution in [0.1, 0.15) is 31.7 Å². The highest BCUT2D eigenvalue weighted by atomic mass is 15.0. The van der Waals surface area contributed by atoms with Gasteiger partial charge in [-0.15, -0.1) is 0 Å². The first-order chi connectivity index (χ1) is 12.7. The second-order valence-corrected chi connectivity index (χ2v) is 6.89. The zero-order chi connectivity index (χ0) is 18.4. The van der Waals surface area contributed by atoms with Crippen molar-refractivity contribution >= 4 is 23.5 Å². The highest BCUT2D eigenvalue weighted by Gasteiger charge is 2.15. The van der Waals surface area contributed by atoms with Crippen LogP contribution in [0.4, 0.5) is 5.69 Å². The molecule has 1 aromatic carbocycles. The van der Waals surface area contributed by atoms with Crippen LogP contribution in [0.5, 0.6) is 0 Å². The molecular formula is C22H30N4. The van der Waals surface area contributed by atoms with Crippen molar-refractivity contribution in [3.8, 4) is 0 Å². The zero-order valence-corrected chi connectivity index (χ0v) is 15.6. The largest absolute Gasteiger partial charge is 0.404 e. The van der Waals surface area contributed by atoms with E-state index in [1.807, 2.05) is 12.2 Å². The average molecular weight is 351 g/mol. The molecule has 0 aromatic heterocycles. The van der Waals surface area contributed by atoms with Gasteiger partial charge >= 0.3 is 0 Å². The van der Waals surface area contributed by atoms with Gasteiger partial charge in [0.05, 0.1) is 0 Å². The Kier molecular flexibility index (Phi) is 6.18. The second-order valence-electron chi connectivity index (χ2n) is 6.89. The number of hydrogen-bond donors (Lipinski definition) is 4. The molecule has 0 spiro atoms. The van der Waals surface area contributed by atoms with E-state index in [9.17, 15) is 0 Å². The van der Waals surface area contributed by atoms with Gasteiger partial charge < -0.3 is 21.7 Å². The number of dihydropyridines is 1. The van der Waals surface area contributed by atoms with Crippen molar-refractivity contribution in [2.24, 2.45) is 5.73 Å². The van der Waals surface area contributed by atoms with E-state index in [1.54, 1.807) is 6.20 Å². The molecule has 4 nitrogen and oxygen atoms in total. The number of benzene rings is 1. The summed E-state index contributed by atoms with van der Waals surface area (Å²) in [7, 11) is 0. The van der Waals surface area contributed by atoms with Gasteiger partial charge in [0.15, 0.2) is 0 Å². The lowest BCUT2D eigenvalue weighted by Gasteiger charge is -2.25. The van der Waals surface area contributed by atoms with Crippen LogP contribution in [-0.2, 0) is 0 Å². The van der Waals surface area contributed by atoms with Gasteiger partial charge in [0, 0.05) is 29.7 Å². The molecule has 0 saturated carbocycles. The Bertz CT molecular complexity index is 826. The van der Waals surface area contributed by atoms with Crippen molar-refractivity contribution in [1.82, 2.24) is 10.6 Å². The Morgan fingerprint density at radius 2 is 2.12 bits per heavy atom. The first-order valence-corrected chi connectivity index (χ1v) is 9.54. The average Bonchev–Trinajstić information content (AvgIpc) is 2.69. The van der Waals surface area contributed by atoms with Gasteiger partial charge in [0.1, 0.15) is 0 Å². The maximum atomic E-state index is 5.99. The third-order valence-corrected chi connectivity index (χ3v) is 5.09. The Morgan fingerprint density at radius 3 is 2.81 bits per heavy atom. The van der Waals surface area contributed by atoms with Crippen LogP contribution in [0.2, 0.25) is 0 Å². The van der Waals surface area contributed by atoms with Gasteiger partial charge in [0.2, 0.25) is 0 Å². The molecule has 0 bridgehead atoms. The van der Waals surface area contributed by atoms with Gasteiger partial charge in [-0.05, 0) is 72.6 Å². The number of allylic oxidation sites excluding steroid dienone is 3. The van der Waals surface area contributed by atoms with Crippen molar-refractivity contribution in [2.45, 2.75) is 32.2 Å². The fourth-order valence-corrected chi connectivity index (χ4v) is 3.62. The summed E-state index contributed by atoms with van der Waals surface area (Å²) in [6.45, 7) is 9.01. The summed E-state index contributed by atoms with van der Waals surface area (Å²) in [4.78, 5) is 0. The molecule has 1 saturated heterocycles. The highest BCUT2D eigenvalue weighted by Crippen LogP contribution is 2.21. The maximum absolute atomic E-state index is 5.99. The standard InChI is InChI=1S/C22H30N4/c1-3-5-17-11-18(19-10-16(4-2)14-25-15-19)12-22(21(17)13-23)26-20-6-8-24-9-7-20/h3,5,10-14,20,24-26H,1,4,6-9,15,23H2,2H3/b17-5-,21-13+. The van der Waals surface area contributed by atoms with Crippen molar-refractivity contribution in [3.63, 3.8) is 0 Å². The molecule has 2 aliphatic heterocycles. The number of nitrogens with one attached hydrogen (secondary N) is 3. The van der Waals surface area contributed by atoms with Crippen molar-refractivity contribution < 1.29 is 0 Å². The molecule has 5 N–H and O–H groups in total. The molecule has 0 aliphatic carbocycles. The van der Waals surface area contributed by atoms with E-state index >= 15 is 0 Å². The number of hydrogen-bond acceptors (Lipinski definition) is 4. The van der Waals surface area contributed by atoms with Gasteiger partial charge in [-0.1, -0.05) is 31.7 Å². The molecule has 0 amide bonds.